The molecule has 2 saturated carbocycles. The number of nitrogens with one attached hydrogen (secondary N) is 1. The number of fused-ring (bicyclic) bond motifs is 3. The SMILES string of the molecule is CN1CCN(Cc2ccc(Nc3ncc4cnn([C@H]5C[C@H]6CC[C@@H]5C6)c4n3)cc2)CC1. The topological polar surface area (TPSA) is 62.1 Å². The Labute approximate surface area is 183 Å². The molecular formula is C24H31N7. The smallest absolute Gasteiger partial charge is 0.229 e. The van der Waals surface area contributed by atoms with E-state index in [2.05, 4.69) is 56.1 Å². The Bertz CT molecular complexity index is 1050. The van der Waals surface area contributed by atoms with E-state index in [-0.39, 0.29) is 0 Å². The van der Waals surface area contributed by atoms with Crippen molar-refractivity contribution >= 4 is 22.7 Å². The van der Waals surface area contributed by atoms with Crippen LogP contribution in [0.5, 0.6) is 0 Å². The van der Waals surface area contributed by atoms with Gasteiger partial charge in [0, 0.05) is 44.6 Å². The summed E-state index contributed by atoms with van der Waals surface area (Å²) in [7, 11) is 2.20. The first-order chi connectivity index (χ1) is 15.2. The molecule has 0 radical (unpaired) electrons. The highest BCUT2D eigenvalue weighted by atomic mass is 15.3. The number of likely N-dealkylation sites (N-methyl/N-ethyl adjacent to an activating group) is 1. The molecule has 2 aliphatic carbocycles. The molecule has 3 fully saturated rings. The van der Waals surface area contributed by atoms with E-state index in [9.17, 15) is 0 Å². The van der Waals surface area contributed by atoms with Gasteiger partial charge in [0.1, 0.15) is 0 Å². The molecule has 3 aromatic rings. The van der Waals surface area contributed by atoms with Crippen molar-refractivity contribution in [1.82, 2.24) is 29.5 Å². The number of hydrogen-bond acceptors (Lipinski definition) is 6. The molecule has 1 N–H and O–H groups in total. The lowest BCUT2D eigenvalue weighted by Crippen LogP contribution is -2.43. The quantitative estimate of drug-likeness (QED) is 0.683. The summed E-state index contributed by atoms with van der Waals surface area (Å²) in [4.78, 5) is 14.3. The highest BCUT2D eigenvalue weighted by molar-refractivity contribution is 5.75. The van der Waals surface area contributed by atoms with Crippen LogP contribution >= 0.6 is 0 Å². The molecule has 1 saturated heterocycles. The number of benzene rings is 1. The van der Waals surface area contributed by atoms with Crippen molar-refractivity contribution < 1.29 is 0 Å². The third kappa shape index (κ3) is 3.81. The molecule has 1 aromatic carbocycles. The Morgan fingerprint density at radius 1 is 1.00 bits per heavy atom. The minimum absolute atomic E-state index is 0.507. The Morgan fingerprint density at radius 2 is 1.84 bits per heavy atom. The van der Waals surface area contributed by atoms with Gasteiger partial charge in [-0.25, -0.2) is 9.67 Å². The number of nitrogens with zero attached hydrogens (tertiary/aromatic N) is 6. The van der Waals surface area contributed by atoms with E-state index in [0.29, 0.717) is 12.0 Å². The van der Waals surface area contributed by atoms with Crippen LogP contribution in [0.15, 0.2) is 36.7 Å². The molecule has 3 heterocycles. The standard InChI is InChI=1S/C24H31N7/c1-29-8-10-30(11-9-29)16-17-3-6-21(7-4-17)27-24-25-14-20-15-26-31(23(20)28-24)22-13-18-2-5-19(22)12-18/h3-4,6-7,14-15,18-19,22H,2,5,8-13,16H2,1H3,(H,25,27,28)/t18-,19+,22-/m0/s1. The van der Waals surface area contributed by atoms with Gasteiger partial charge in [-0.3, -0.25) is 4.90 Å². The first-order valence-electron chi connectivity index (χ1n) is 11.7. The van der Waals surface area contributed by atoms with Crippen LogP contribution in [0.25, 0.3) is 11.0 Å². The maximum atomic E-state index is 4.85. The van der Waals surface area contributed by atoms with Crippen LogP contribution < -0.4 is 5.32 Å². The lowest BCUT2D eigenvalue weighted by Gasteiger charge is -2.32. The summed E-state index contributed by atoms with van der Waals surface area (Å²) >= 11 is 0. The van der Waals surface area contributed by atoms with Crippen molar-refractivity contribution in [3.05, 3.63) is 42.2 Å². The van der Waals surface area contributed by atoms with Crippen LogP contribution in [0, 0.1) is 11.8 Å². The fraction of sp³-hybridized carbons (Fsp3) is 0.542. The van der Waals surface area contributed by atoms with Gasteiger partial charge in [-0.05, 0) is 55.8 Å². The Kier molecular flexibility index (Phi) is 4.88. The molecule has 162 valence electrons. The molecule has 2 bridgehead atoms. The number of anilines is 2. The summed E-state index contributed by atoms with van der Waals surface area (Å²) in [5.41, 5.74) is 3.33. The summed E-state index contributed by atoms with van der Waals surface area (Å²) in [6.07, 6.45) is 9.16. The van der Waals surface area contributed by atoms with E-state index < -0.39 is 0 Å². The first kappa shape index (κ1) is 19.2. The van der Waals surface area contributed by atoms with Gasteiger partial charge in [0.25, 0.3) is 0 Å². The lowest BCUT2D eigenvalue weighted by atomic mass is 9.95. The van der Waals surface area contributed by atoms with Crippen molar-refractivity contribution in [2.75, 3.05) is 38.5 Å². The summed E-state index contributed by atoms with van der Waals surface area (Å²) in [6, 6.07) is 9.18. The van der Waals surface area contributed by atoms with Gasteiger partial charge in [0.2, 0.25) is 5.95 Å². The second kappa shape index (κ2) is 7.88. The van der Waals surface area contributed by atoms with E-state index in [0.717, 1.165) is 61.3 Å². The normalized spacial score (nSPS) is 26.7. The first-order valence-corrected chi connectivity index (χ1v) is 11.7. The predicted molar refractivity (Wildman–Crippen MR) is 122 cm³/mol. The number of aromatic nitrogens is 4. The van der Waals surface area contributed by atoms with Gasteiger partial charge in [0.05, 0.1) is 17.6 Å². The zero-order valence-electron chi connectivity index (χ0n) is 18.2. The van der Waals surface area contributed by atoms with Crippen LogP contribution in [0.2, 0.25) is 0 Å². The largest absolute Gasteiger partial charge is 0.324 e. The minimum atomic E-state index is 0.507. The Morgan fingerprint density at radius 3 is 2.58 bits per heavy atom. The minimum Gasteiger partial charge on any atom is -0.324 e. The zero-order chi connectivity index (χ0) is 20.8. The van der Waals surface area contributed by atoms with Gasteiger partial charge < -0.3 is 10.2 Å². The second-order valence-corrected chi connectivity index (χ2v) is 9.71. The molecule has 0 spiro atoms. The van der Waals surface area contributed by atoms with E-state index in [1.54, 1.807) is 0 Å². The average Bonchev–Trinajstić information content (AvgIpc) is 3.52. The molecule has 1 aliphatic heterocycles. The summed E-state index contributed by atoms with van der Waals surface area (Å²) < 4.78 is 2.17. The molecule has 0 amide bonds. The Hall–Kier alpha value is -2.51. The summed E-state index contributed by atoms with van der Waals surface area (Å²) in [5, 5.41) is 9.11. The predicted octanol–water partition coefficient (Wildman–Crippen LogP) is 3.68. The van der Waals surface area contributed by atoms with Crippen molar-refractivity contribution in [2.45, 2.75) is 38.3 Å². The van der Waals surface area contributed by atoms with Gasteiger partial charge in [-0.15, -0.1) is 0 Å². The average molecular weight is 418 g/mol. The molecule has 3 aliphatic rings. The van der Waals surface area contributed by atoms with Crippen LogP contribution in [-0.2, 0) is 6.54 Å². The van der Waals surface area contributed by atoms with E-state index in [1.165, 1.54) is 31.2 Å². The van der Waals surface area contributed by atoms with Crippen LogP contribution in [0.1, 0.15) is 37.3 Å². The molecule has 7 nitrogen and oxygen atoms in total. The Balaban J connectivity index is 1.16. The van der Waals surface area contributed by atoms with Gasteiger partial charge in [-0.2, -0.15) is 10.1 Å². The zero-order valence-corrected chi connectivity index (χ0v) is 18.2. The third-order valence-electron chi connectivity index (χ3n) is 7.56. The summed E-state index contributed by atoms with van der Waals surface area (Å²) in [5.74, 6) is 2.30. The molecule has 2 aromatic heterocycles. The number of piperazine rings is 1. The highest BCUT2D eigenvalue weighted by Gasteiger charge is 2.41. The fourth-order valence-electron chi connectivity index (χ4n) is 5.74. The molecule has 0 unspecified atom stereocenters. The molecule has 31 heavy (non-hydrogen) atoms. The summed E-state index contributed by atoms with van der Waals surface area (Å²) in [6.45, 7) is 5.59. The van der Waals surface area contributed by atoms with E-state index in [1.807, 2.05) is 12.4 Å². The van der Waals surface area contributed by atoms with Crippen LogP contribution in [0.3, 0.4) is 0 Å². The van der Waals surface area contributed by atoms with Crippen molar-refractivity contribution in [1.29, 1.82) is 0 Å². The highest BCUT2D eigenvalue weighted by Crippen LogP contribution is 2.50. The molecular weight excluding hydrogens is 386 g/mol. The van der Waals surface area contributed by atoms with Crippen LogP contribution in [0.4, 0.5) is 11.6 Å². The second-order valence-electron chi connectivity index (χ2n) is 9.71. The van der Waals surface area contributed by atoms with E-state index >= 15 is 0 Å². The van der Waals surface area contributed by atoms with Crippen LogP contribution in [-0.4, -0.2) is 62.8 Å². The molecule has 3 atom stereocenters. The number of rotatable bonds is 5. The number of hydrogen-bond donors (Lipinski definition) is 1. The molecule has 7 heteroatoms. The monoisotopic (exact) mass is 417 g/mol. The lowest BCUT2D eigenvalue weighted by molar-refractivity contribution is 0.148. The van der Waals surface area contributed by atoms with Crippen molar-refractivity contribution in [3.63, 3.8) is 0 Å². The van der Waals surface area contributed by atoms with Gasteiger partial charge >= 0.3 is 0 Å². The maximum absolute atomic E-state index is 4.85. The van der Waals surface area contributed by atoms with Gasteiger partial charge in [-0.1, -0.05) is 18.6 Å². The third-order valence-corrected chi connectivity index (χ3v) is 7.56. The van der Waals surface area contributed by atoms with Crippen molar-refractivity contribution in [2.24, 2.45) is 11.8 Å². The molecule has 6 rings (SSSR count). The van der Waals surface area contributed by atoms with Crippen molar-refractivity contribution in [3.8, 4) is 0 Å². The van der Waals surface area contributed by atoms with Gasteiger partial charge in [0.15, 0.2) is 5.65 Å². The maximum Gasteiger partial charge on any atom is 0.229 e. The van der Waals surface area contributed by atoms with E-state index in [4.69, 9.17) is 10.1 Å². The fourth-order valence-corrected chi connectivity index (χ4v) is 5.74.